The van der Waals surface area contributed by atoms with Gasteiger partial charge in [-0.3, -0.25) is 19.6 Å². The Morgan fingerprint density at radius 1 is 1.23 bits per heavy atom. The van der Waals surface area contributed by atoms with Crippen LogP contribution in [0, 0.1) is 6.92 Å². The molecule has 1 saturated heterocycles. The second kappa shape index (κ2) is 6.71. The van der Waals surface area contributed by atoms with Gasteiger partial charge in [0.1, 0.15) is 0 Å². The van der Waals surface area contributed by atoms with Gasteiger partial charge in [0.2, 0.25) is 0 Å². The van der Waals surface area contributed by atoms with Gasteiger partial charge < -0.3 is 9.47 Å². The number of fused-ring (bicyclic) bond motifs is 1. The monoisotopic (exact) mass is 348 g/mol. The van der Waals surface area contributed by atoms with Crippen LogP contribution in [0.5, 0.6) is 0 Å². The van der Waals surface area contributed by atoms with Crippen LogP contribution in [-0.4, -0.2) is 38.4 Å². The average Bonchev–Trinajstić information content (AvgIpc) is 3.19. The number of likely N-dealkylation sites (tertiary alicyclic amines) is 1. The van der Waals surface area contributed by atoms with E-state index in [1.807, 2.05) is 30.0 Å². The molecule has 26 heavy (non-hydrogen) atoms. The summed E-state index contributed by atoms with van der Waals surface area (Å²) >= 11 is 0. The predicted molar refractivity (Wildman–Crippen MR) is 99.2 cm³/mol. The number of rotatable bonds is 3. The number of pyridine rings is 3. The number of nitrogens with zero attached hydrogens (tertiary/aromatic N) is 4. The van der Waals surface area contributed by atoms with E-state index in [1.165, 1.54) is 0 Å². The van der Waals surface area contributed by atoms with E-state index < -0.39 is 0 Å². The first-order valence-electron chi connectivity index (χ1n) is 8.82. The molecule has 0 aromatic carbocycles. The maximum absolute atomic E-state index is 12.9. The third-order valence-corrected chi connectivity index (χ3v) is 4.85. The fraction of sp³-hybridized carbons (Fsp3) is 0.300. The Hall–Kier alpha value is -3.02. The first-order chi connectivity index (χ1) is 12.6. The Morgan fingerprint density at radius 2 is 2.04 bits per heavy atom. The molecule has 4 rings (SSSR count). The Kier molecular flexibility index (Phi) is 4.24. The van der Waals surface area contributed by atoms with Gasteiger partial charge in [0.15, 0.2) is 0 Å². The highest BCUT2D eigenvalue weighted by molar-refractivity contribution is 5.98. The van der Waals surface area contributed by atoms with Crippen LogP contribution in [0.1, 0.15) is 34.5 Å². The van der Waals surface area contributed by atoms with Gasteiger partial charge in [-0.2, -0.15) is 0 Å². The van der Waals surface area contributed by atoms with Gasteiger partial charge in [-0.1, -0.05) is 6.07 Å². The van der Waals surface area contributed by atoms with Gasteiger partial charge in [0.25, 0.3) is 11.5 Å². The van der Waals surface area contributed by atoms with Crippen LogP contribution in [0.25, 0.3) is 10.9 Å². The van der Waals surface area contributed by atoms with Gasteiger partial charge in [0.05, 0.1) is 28.7 Å². The summed E-state index contributed by atoms with van der Waals surface area (Å²) < 4.78 is 1.63. The smallest absolute Gasteiger partial charge is 0.260 e. The summed E-state index contributed by atoms with van der Waals surface area (Å²) in [6.45, 7) is 3.81. The van der Waals surface area contributed by atoms with Gasteiger partial charge in [-0.15, -0.1) is 0 Å². The zero-order chi connectivity index (χ0) is 18.1. The first kappa shape index (κ1) is 16.4. The quantitative estimate of drug-likeness (QED) is 0.729. The van der Waals surface area contributed by atoms with Crippen molar-refractivity contribution in [3.63, 3.8) is 0 Å². The Morgan fingerprint density at radius 3 is 2.77 bits per heavy atom. The van der Waals surface area contributed by atoms with Crippen LogP contribution in [-0.2, 0) is 6.54 Å². The molecule has 0 N–H and O–H groups in total. The molecule has 1 amide bonds. The predicted octanol–water partition coefficient (Wildman–Crippen LogP) is 2.38. The minimum Gasteiger partial charge on any atom is -0.339 e. The van der Waals surface area contributed by atoms with Crippen molar-refractivity contribution < 1.29 is 4.79 Å². The second-order valence-corrected chi connectivity index (χ2v) is 6.66. The molecule has 1 fully saturated rings. The summed E-state index contributed by atoms with van der Waals surface area (Å²) in [6, 6.07) is 7.31. The summed E-state index contributed by atoms with van der Waals surface area (Å²) in [5.74, 6) is -0.0311. The van der Waals surface area contributed by atoms with E-state index in [2.05, 4.69) is 9.97 Å². The van der Waals surface area contributed by atoms with E-state index >= 15 is 0 Å². The van der Waals surface area contributed by atoms with Crippen molar-refractivity contribution in [3.8, 4) is 0 Å². The third-order valence-electron chi connectivity index (χ3n) is 4.85. The molecule has 0 unspecified atom stereocenters. The van der Waals surface area contributed by atoms with Crippen molar-refractivity contribution in [2.75, 3.05) is 13.1 Å². The molecule has 4 heterocycles. The number of amides is 1. The minimum absolute atomic E-state index is 0.0311. The molecule has 1 aliphatic heterocycles. The molecule has 0 atom stereocenters. The van der Waals surface area contributed by atoms with Gasteiger partial charge in [-0.05, 0) is 43.5 Å². The maximum atomic E-state index is 12.9. The lowest BCUT2D eigenvalue weighted by Crippen LogP contribution is -2.29. The number of aromatic nitrogens is 3. The summed E-state index contributed by atoms with van der Waals surface area (Å²) in [5, 5.41) is 0.476. The average molecular weight is 348 g/mol. The summed E-state index contributed by atoms with van der Waals surface area (Å²) in [5.41, 5.74) is 2.61. The van der Waals surface area contributed by atoms with Crippen molar-refractivity contribution in [2.24, 2.45) is 0 Å². The second-order valence-electron chi connectivity index (χ2n) is 6.66. The van der Waals surface area contributed by atoms with Gasteiger partial charge >= 0.3 is 0 Å². The zero-order valence-electron chi connectivity index (χ0n) is 14.7. The summed E-state index contributed by atoms with van der Waals surface area (Å²) in [6.07, 6.45) is 7.25. The molecule has 0 aliphatic carbocycles. The van der Waals surface area contributed by atoms with Crippen molar-refractivity contribution >= 4 is 16.8 Å². The van der Waals surface area contributed by atoms with E-state index in [0.717, 1.165) is 31.5 Å². The highest BCUT2D eigenvalue weighted by Crippen LogP contribution is 2.18. The van der Waals surface area contributed by atoms with Crippen LogP contribution >= 0.6 is 0 Å². The van der Waals surface area contributed by atoms with E-state index in [1.54, 1.807) is 29.2 Å². The van der Waals surface area contributed by atoms with E-state index in [-0.39, 0.29) is 11.5 Å². The molecule has 3 aromatic heterocycles. The molecular formula is C20H20N4O2. The molecule has 0 saturated carbocycles. The van der Waals surface area contributed by atoms with E-state index in [9.17, 15) is 9.59 Å². The number of carbonyl (C=O) groups excluding carboxylic acids is 1. The molecule has 1 aliphatic rings. The molecule has 0 spiro atoms. The highest BCUT2D eigenvalue weighted by atomic mass is 16.2. The van der Waals surface area contributed by atoms with Gasteiger partial charge in [0, 0.05) is 31.7 Å². The fourth-order valence-electron chi connectivity index (χ4n) is 3.43. The van der Waals surface area contributed by atoms with E-state index in [0.29, 0.717) is 28.7 Å². The molecule has 3 aromatic rings. The first-order valence-corrected chi connectivity index (χ1v) is 8.82. The highest BCUT2D eigenvalue weighted by Gasteiger charge is 2.22. The van der Waals surface area contributed by atoms with Crippen LogP contribution < -0.4 is 5.56 Å². The maximum Gasteiger partial charge on any atom is 0.260 e. The van der Waals surface area contributed by atoms with Crippen LogP contribution in [0.3, 0.4) is 0 Å². The molecule has 0 bridgehead atoms. The lowest BCUT2D eigenvalue weighted by atomic mass is 10.1. The number of aryl methyl sites for hydroxylation is 1. The third kappa shape index (κ3) is 2.98. The minimum atomic E-state index is -0.144. The van der Waals surface area contributed by atoms with E-state index in [4.69, 9.17) is 0 Å². The largest absolute Gasteiger partial charge is 0.339 e. The summed E-state index contributed by atoms with van der Waals surface area (Å²) in [7, 11) is 0. The van der Waals surface area contributed by atoms with Crippen LogP contribution in [0.2, 0.25) is 0 Å². The molecule has 6 heteroatoms. The Labute approximate surface area is 151 Å². The standard InChI is InChI=1S/C20H20N4O2/c1-14-16(19(25)23-8-2-3-9-23)11-17-18(22-14)6-10-24(20(17)26)13-15-5-4-7-21-12-15/h4-7,10-12H,2-3,8-9,13H2,1H3. The zero-order valence-corrected chi connectivity index (χ0v) is 14.7. The normalized spacial score (nSPS) is 14.1. The fourth-order valence-corrected chi connectivity index (χ4v) is 3.43. The van der Waals surface area contributed by atoms with Gasteiger partial charge in [-0.25, -0.2) is 0 Å². The molecule has 0 radical (unpaired) electrons. The number of hydrogen-bond acceptors (Lipinski definition) is 4. The van der Waals surface area contributed by atoms with Crippen molar-refractivity contribution in [1.82, 2.24) is 19.4 Å². The van der Waals surface area contributed by atoms with Crippen LogP contribution in [0.4, 0.5) is 0 Å². The number of carbonyl (C=O) groups is 1. The topological polar surface area (TPSA) is 68.1 Å². The Bertz CT molecular complexity index is 1020. The SMILES string of the molecule is Cc1nc2ccn(Cc3cccnc3)c(=O)c2cc1C(=O)N1CCCC1. The van der Waals surface area contributed by atoms with Crippen molar-refractivity contribution in [3.05, 3.63) is 70.0 Å². The lowest BCUT2D eigenvalue weighted by Gasteiger charge is -2.17. The Balaban J connectivity index is 1.76. The van der Waals surface area contributed by atoms with Crippen LogP contribution in [0.15, 0.2) is 47.7 Å². The van der Waals surface area contributed by atoms with Crippen molar-refractivity contribution in [1.29, 1.82) is 0 Å². The molecular weight excluding hydrogens is 328 g/mol. The van der Waals surface area contributed by atoms with Crippen molar-refractivity contribution in [2.45, 2.75) is 26.3 Å². The molecule has 6 nitrogen and oxygen atoms in total. The molecule has 132 valence electrons. The lowest BCUT2D eigenvalue weighted by molar-refractivity contribution is 0.0792. The summed E-state index contributed by atoms with van der Waals surface area (Å²) in [4.78, 5) is 36.1. The number of hydrogen-bond donors (Lipinski definition) is 0.